The molecule has 1 heterocycles. The highest BCUT2D eigenvalue weighted by Gasteiger charge is 2.34. The van der Waals surface area contributed by atoms with E-state index in [0.717, 1.165) is 13.0 Å². The van der Waals surface area contributed by atoms with Crippen LogP contribution in [0.15, 0.2) is 12.1 Å². The number of rotatable bonds is 6. The van der Waals surface area contributed by atoms with Gasteiger partial charge < -0.3 is 20.2 Å². The molecule has 0 aromatic heterocycles. The third-order valence-corrected chi connectivity index (χ3v) is 4.48. The molecule has 0 bridgehead atoms. The fourth-order valence-electron chi connectivity index (χ4n) is 2.62. The Hall–Kier alpha value is -1.50. The molecule has 6 nitrogen and oxygen atoms in total. The van der Waals surface area contributed by atoms with Gasteiger partial charge in [-0.25, -0.2) is 0 Å². The van der Waals surface area contributed by atoms with E-state index in [1.807, 2.05) is 14.1 Å². The highest BCUT2D eigenvalue weighted by molar-refractivity contribution is 6.37. The number of halogens is 2. The van der Waals surface area contributed by atoms with Gasteiger partial charge in [0.1, 0.15) is 0 Å². The molecule has 2 N–H and O–H groups in total. The molecule has 24 heavy (non-hydrogen) atoms. The number of nitrogens with zero attached hydrogens (tertiary/aromatic N) is 2. The van der Waals surface area contributed by atoms with Gasteiger partial charge in [0, 0.05) is 25.2 Å². The summed E-state index contributed by atoms with van der Waals surface area (Å²) in [5.41, 5.74) is 0.395. The van der Waals surface area contributed by atoms with Gasteiger partial charge in [-0.15, -0.1) is 0 Å². The molecule has 2 rings (SSSR count). The number of hydrogen-bond acceptors (Lipinski definition) is 4. The molecule has 1 saturated heterocycles. The van der Waals surface area contributed by atoms with E-state index in [2.05, 4.69) is 10.2 Å². The van der Waals surface area contributed by atoms with E-state index in [-0.39, 0.29) is 34.0 Å². The Morgan fingerprint density at radius 2 is 2.00 bits per heavy atom. The number of nitrogens with one attached hydrogen (secondary N) is 1. The fraction of sp³-hybridized carbons (Fsp3) is 0.500. The van der Waals surface area contributed by atoms with E-state index < -0.39 is 5.92 Å². The number of benzene rings is 1. The summed E-state index contributed by atoms with van der Waals surface area (Å²) < 4.78 is 0. The summed E-state index contributed by atoms with van der Waals surface area (Å²) in [6, 6.07) is 2.85. The summed E-state index contributed by atoms with van der Waals surface area (Å²) in [6.45, 7) is 1.96. The predicted molar refractivity (Wildman–Crippen MR) is 94.6 cm³/mol. The van der Waals surface area contributed by atoms with Crippen molar-refractivity contribution >= 4 is 40.7 Å². The van der Waals surface area contributed by atoms with E-state index in [9.17, 15) is 14.7 Å². The largest absolute Gasteiger partial charge is 0.505 e. The minimum absolute atomic E-state index is 0.00400. The average molecular weight is 374 g/mol. The molecule has 0 spiro atoms. The summed E-state index contributed by atoms with van der Waals surface area (Å²) in [7, 11) is 3.96. The van der Waals surface area contributed by atoms with Gasteiger partial charge in [-0.1, -0.05) is 23.2 Å². The van der Waals surface area contributed by atoms with Crippen LogP contribution in [0.4, 0.5) is 5.69 Å². The summed E-state index contributed by atoms with van der Waals surface area (Å²) in [6.07, 6.45) is 1.07. The smallest absolute Gasteiger partial charge is 0.229 e. The number of carbonyl (C=O) groups is 2. The van der Waals surface area contributed by atoms with E-state index >= 15 is 0 Å². The first-order valence-corrected chi connectivity index (χ1v) is 8.45. The Kier molecular flexibility index (Phi) is 6.32. The lowest BCUT2D eigenvalue weighted by molar-refractivity contribution is -0.128. The molecule has 1 aliphatic rings. The second-order valence-electron chi connectivity index (χ2n) is 6.18. The molecule has 1 fully saturated rings. The predicted octanol–water partition coefficient (Wildman–Crippen LogP) is 2.44. The van der Waals surface area contributed by atoms with Crippen molar-refractivity contribution in [3.05, 3.63) is 22.2 Å². The van der Waals surface area contributed by atoms with Crippen LogP contribution in [-0.4, -0.2) is 60.5 Å². The lowest BCUT2D eigenvalue weighted by Crippen LogP contribution is -2.30. The molecule has 1 aromatic rings. The van der Waals surface area contributed by atoms with E-state index in [1.54, 1.807) is 4.90 Å². The zero-order valence-corrected chi connectivity index (χ0v) is 15.2. The fourth-order valence-corrected chi connectivity index (χ4v) is 3.11. The van der Waals surface area contributed by atoms with Crippen molar-refractivity contribution in [2.45, 2.75) is 12.8 Å². The average Bonchev–Trinajstić information content (AvgIpc) is 2.86. The van der Waals surface area contributed by atoms with Gasteiger partial charge in [0.2, 0.25) is 11.8 Å². The standard InChI is InChI=1S/C16H21Cl2N3O3/c1-20(2)4-3-5-21-9-10(6-14(21)22)16(24)19-11-7-12(17)15(23)13(18)8-11/h7-8,10,23H,3-6,9H2,1-2H3,(H,19,24). The molecule has 1 unspecified atom stereocenters. The molecule has 2 amide bonds. The normalized spacial score (nSPS) is 17.6. The van der Waals surface area contributed by atoms with Crippen molar-refractivity contribution in [2.75, 3.05) is 39.0 Å². The first-order chi connectivity index (χ1) is 11.3. The topological polar surface area (TPSA) is 72.9 Å². The molecule has 1 aromatic carbocycles. The van der Waals surface area contributed by atoms with E-state index in [4.69, 9.17) is 23.2 Å². The highest BCUT2D eigenvalue weighted by atomic mass is 35.5. The summed E-state index contributed by atoms with van der Waals surface area (Å²) in [5, 5.41) is 12.4. The number of hydrogen-bond donors (Lipinski definition) is 2. The van der Waals surface area contributed by atoms with Gasteiger partial charge in [-0.2, -0.15) is 0 Å². The molecule has 1 aliphatic heterocycles. The Balaban J connectivity index is 1.93. The zero-order valence-electron chi connectivity index (χ0n) is 13.7. The van der Waals surface area contributed by atoms with Crippen molar-refractivity contribution < 1.29 is 14.7 Å². The molecule has 0 saturated carbocycles. The van der Waals surface area contributed by atoms with Crippen molar-refractivity contribution in [3.8, 4) is 5.75 Å². The van der Waals surface area contributed by atoms with Crippen molar-refractivity contribution in [1.82, 2.24) is 9.80 Å². The minimum atomic E-state index is -0.400. The first kappa shape index (κ1) is 18.8. The minimum Gasteiger partial charge on any atom is -0.505 e. The number of amides is 2. The quantitative estimate of drug-likeness (QED) is 0.751. The van der Waals surface area contributed by atoms with Gasteiger partial charge >= 0.3 is 0 Å². The van der Waals surface area contributed by atoms with Gasteiger partial charge in [0.15, 0.2) is 5.75 Å². The first-order valence-electron chi connectivity index (χ1n) is 7.69. The van der Waals surface area contributed by atoms with Gasteiger partial charge in [0.05, 0.1) is 16.0 Å². The van der Waals surface area contributed by atoms with Crippen LogP contribution in [-0.2, 0) is 9.59 Å². The maximum Gasteiger partial charge on any atom is 0.229 e. The maximum atomic E-state index is 12.3. The Labute approximate surface area is 151 Å². The molecule has 132 valence electrons. The monoisotopic (exact) mass is 373 g/mol. The van der Waals surface area contributed by atoms with E-state index in [0.29, 0.717) is 18.8 Å². The Morgan fingerprint density at radius 1 is 1.38 bits per heavy atom. The van der Waals surface area contributed by atoms with E-state index in [1.165, 1.54) is 12.1 Å². The molecule has 8 heteroatoms. The number of anilines is 1. The van der Waals surface area contributed by atoms with Crippen LogP contribution in [0.1, 0.15) is 12.8 Å². The highest BCUT2D eigenvalue weighted by Crippen LogP contribution is 2.35. The number of carbonyl (C=O) groups excluding carboxylic acids is 2. The van der Waals surface area contributed by atoms with Crippen LogP contribution in [0.5, 0.6) is 5.75 Å². The number of likely N-dealkylation sites (tertiary alicyclic amines) is 1. The number of phenolic OH excluding ortho intramolecular Hbond substituents is 1. The third kappa shape index (κ3) is 4.75. The molecule has 0 aliphatic carbocycles. The number of phenols is 1. The maximum absolute atomic E-state index is 12.3. The number of aromatic hydroxyl groups is 1. The molecule has 1 atom stereocenters. The second-order valence-corrected chi connectivity index (χ2v) is 6.99. The second kappa shape index (κ2) is 8.05. The van der Waals surface area contributed by atoms with Gasteiger partial charge in [0.25, 0.3) is 0 Å². The van der Waals surface area contributed by atoms with Crippen LogP contribution in [0.3, 0.4) is 0 Å². The van der Waals surface area contributed by atoms with Crippen LogP contribution in [0, 0.1) is 5.92 Å². The van der Waals surface area contributed by atoms with Crippen molar-refractivity contribution in [1.29, 1.82) is 0 Å². The third-order valence-electron chi connectivity index (χ3n) is 3.90. The van der Waals surface area contributed by atoms with Crippen LogP contribution in [0.2, 0.25) is 10.0 Å². The van der Waals surface area contributed by atoms with Crippen LogP contribution in [0.25, 0.3) is 0 Å². The van der Waals surface area contributed by atoms with Gasteiger partial charge in [-0.05, 0) is 39.2 Å². The Bertz CT molecular complexity index is 614. The molecule has 0 radical (unpaired) electrons. The van der Waals surface area contributed by atoms with Gasteiger partial charge in [-0.3, -0.25) is 9.59 Å². The lowest BCUT2D eigenvalue weighted by atomic mass is 10.1. The van der Waals surface area contributed by atoms with Crippen LogP contribution < -0.4 is 5.32 Å². The Morgan fingerprint density at radius 3 is 2.58 bits per heavy atom. The van der Waals surface area contributed by atoms with Crippen molar-refractivity contribution in [2.24, 2.45) is 5.92 Å². The van der Waals surface area contributed by atoms with Crippen LogP contribution >= 0.6 is 23.2 Å². The summed E-state index contributed by atoms with van der Waals surface area (Å²) >= 11 is 11.7. The summed E-state index contributed by atoms with van der Waals surface area (Å²) in [5.74, 6) is -0.880. The molecular formula is C16H21Cl2N3O3. The van der Waals surface area contributed by atoms with Crippen molar-refractivity contribution in [3.63, 3.8) is 0 Å². The summed E-state index contributed by atoms with van der Waals surface area (Å²) in [4.78, 5) is 28.2. The molecular weight excluding hydrogens is 353 g/mol. The SMILES string of the molecule is CN(C)CCCN1CC(C(=O)Nc2cc(Cl)c(O)c(Cl)c2)CC1=O. The lowest BCUT2D eigenvalue weighted by Gasteiger charge is -2.18. The zero-order chi connectivity index (χ0) is 17.9.